The number of benzene rings is 1. The zero-order valence-electron chi connectivity index (χ0n) is 16.4. The molecular formula is C19H30ClN5O3. The molecule has 156 valence electrons. The van der Waals surface area contributed by atoms with Gasteiger partial charge in [-0.05, 0) is 43.4 Å². The number of piperidine rings is 1. The molecule has 1 fully saturated rings. The van der Waals surface area contributed by atoms with E-state index in [2.05, 4.69) is 15.5 Å². The Bertz CT molecular complexity index is 705. The van der Waals surface area contributed by atoms with Gasteiger partial charge in [0.2, 0.25) is 17.7 Å². The van der Waals surface area contributed by atoms with Gasteiger partial charge in [0.05, 0.1) is 24.0 Å². The summed E-state index contributed by atoms with van der Waals surface area (Å²) in [4.78, 5) is 37.9. The molecule has 3 amide bonds. The fourth-order valence-corrected chi connectivity index (χ4v) is 2.98. The van der Waals surface area contributed by atoms with Crippen LogP contribution in [0.1, 0.15) is 43.5 Å². The molecular weight excluding hydrogens is 382 g/mol. The molecule has 9 heteroatoms. The molecule has 1 atom stereocenters. The standard InChI is InChI=1S/C19H29N5O3.ClH/c1-12(2)17(20)19(27)22-11-16(25)23-14-10-13(18(21)26)6-7-15(14)24-8-4-3-5-9-24;/h6-7,10,12,17H,3-5,8-9,11,20H2,1-2H3,(H2,21,26)(H,22,27)(H,23,25);1H/t17-;/m0./s1. The highest BCUT2D eigenvalue weighted by atomic mass is 35.5. The number of hydrogen-bond donors (Lipinski definition) is 4. The first-order chi connectivity index (χ1) is 12.8. The molecule has 0 bridgehead atoms. The van der Waals surface area contributed by atoms with Crippen molar-refractivity contribution in [2.75, 3.05) is 29.9 Å². The van der Waals surface area contributed by atoms with Crippen LogP contribution in [0.25, 0.3) is 0 Å². The second kappa shape index (κ2) is 10.9. The molecule has 1 aromatic carbocycles. The lowest BCUT2D eigenvalue weighted by Gasteiger charge is -2.30. The third-order valence-corrected chi connectivity index (χ3v) is 4.70. The Morgan fingerprint density at radius 1 is 1.14 bits per heavy atom. The maximum absolute atomic E-state index is 12.3. The van der Waals surface area contributed by atoms with Crippen LogP contribution >= 0.6 is 12.4 Å². The predicted molar refractivity (Wildman–Crippen MR) is 113 cm³/mol. The third-order valence-electron chi connectivity index (χ3n) is 4.70. The Morgan fingerprint density at radius 2 is 1.79 bits per heavy atom. The average molecular weight is 412 g/mol. The number of nitrogens with two attached hydrogens (primary N) is 2. The molecule has 0 radical (unpaired) electrons. The second-order valence-electron chi connectivity index (χ2n) is 7.18. The summed E-state index contributed by atoms with van der Waals surface area (Å²) in [5.41, 5.74) is 12.8. The van der Waals surface area contributed by atoms with Crippen LogP contribution in [0.4, 0.5) is 11.4 Å². The maximum Gasteiger partial charge on any atom is 0.248 e. The van der Waals surface area contributed by atoms with Crippen LogP contribution in [0.15, 0.2) is 18.2 Å². The highest BCUT2D eigenvalue weighted by Crippen LogP contribution is 2.29. The molecule has 1 aromatic rings. The van der Waals surface area contributed by atoms with Gasteiger partial charge < -0.3 is 27.0 Å². The van der Waals surface area contributed by atoms with Crippen molar-refractivity contribution in [3.05, 3.63) is 23.8 Å². The normalized spacial score (nSPS) is 14.8. The zero-order valence-corrected chi connectivity index (χ0v) is 17.2. The number of halogens is 1. The maximum atomic E-state index is 12.3. The molecule has 0 saturated carbocycles. The molecule has 1 saturated heterocycles. The van der Waals surface area contributed by atoms with Gasteiger partial charge in [0.1, 0.15) is 0 Å². The van der Waals surface area contributed by atoms with Gasteiger partial charge in [0.15, 0.2) is 0 Å². The summed E-state index contributed by atoms with van der Waals surface area (Å²) in [5.74, 6) is -1.35. The van der Waals surface area contributed by atoms with Crippen LogP contribution in [0.3, 0.4) is 0 Å². The van der Waals surface area contributed by atoms with Crippen molar-refractivity contribution in [3.8, 4) is 0 Å². The Kier molecular flexibility index (Phi) is 9.21. The van der Waals surface area contributed by atoms with Gasteiger partial charge in [-0.15, -0.1) is 12.4 Å². The lowest BCUT2D eigenvalue weighted by molar-refractivity contribution is -0.125. The predicted octanol–water partition coefficient (Wildman–Crippen LogP) is 1.24. The van der Waals surface area contributed by atoms with Crippen molar-refractivity contribution in [2.45, 2.75) is 39.2 Å². The van der Waals surface area contributed by atoms with Crippen molar-refractivity contribution < 1.29 is 14.4 Å². The minimum absolute atomic E-state index is 0. The van der Waals surface area contributed by atoms with Gasteiger partial charge in [-0.1, -0.05) is 13.8 Å². The van der Waals surface area contributed by atoms with Gasteiger partial charge >= 0.3 is 0 Å². The highest BCUT2D eigenvalue weighted by Gasteiger charge is 2.20. The minimum atomic E-state index is -0.667. The lowest BCUT2D eigenvalue weighted by Crippen LogP contribution is -2.46. The van der Waals surface area contributed by atoms with Crippen LogP contribution in [0.5, 0.6) is 0 Å². The van der Waals surface area contributed by atoms with Crippen molar-refractivity contribution in [1.29, 1.82) is 0 Å². The van der Waals surface area contributed by atoms with Gasteiger partial charge in [-0.25, -0.2) is 0 Å². The van der Waals surface area contributed by atoms with Crippen LogP contribution in [0.2, 0.25) is 0 Å². The summed E-state index contributed by atoms with van der Waals surface area (Å²) < 4.78 is 0. The number of hydrogen-bond acceptors (Lipinski definition) is 5. The van der Waals surface area contributed by atoms with E-state index in [0.29, 0.717) is 11.3 Å². The molecule has 0 spiro atoms. The van der Waals surface area contributed by atoms with Crippen molar-refractivity contribution in [3.63, 3.8) is 0 Å². The Morgan fingerprint density at radius 3 is 2.36 bits per heavy atom. The summed E-state index contributed by atoms with van der Waals surface area (Å²) in [6.07, 6.45) is 3.34. The Labute approximate surface area is 171 Å². The number of nitrogens with zero attached hydrogens (tertiary/aromatic N) is 1. The smallest absolute Gasteiger partial charge is 0.248 e. The molecule has 1 aliphatic heterocycles. The topological polar surface area (TPSA) is 131 Å². The van der Waals surface area contributed by atoms with Crippen molar-refractivity contribution in [2.24, 2.45) is 17.4 Å². The van der Waals surface area contributed by atoms with Crippen LogP contribution in [-0.2, 0) is 9.59 Å². The average Bonchev–Trinajstić information content (AvgIpc) is 2.65. The summed E-state index contributed by atoms with van der Waals surface area (Å²) in [6, 6.07) is 4.37. The summed E-state index contributed by atoms with van der Waals surface area (Å²) in [5, 5.41) is 5.32. The molecule has 0 aliphatic carbocycles. The van der Waals surface area contributed by atoms with Crippen LogP contribution in [-0.4, -0.2) is 43.4 Å². The molecule has 8 nitrogen and oxygen atoms in total. The summed E-state index contributed by atoms with van der Waals surface area (Å²) in [7, 11) is 0. The van der Waals surface area contributed by atoms with E-state index in [0.717, 1.165) is 31.6 Å². The third kappa shape index (κ3) is 6.38. The quantitative estimate of drug-likeness (QED) is 0.536. The SMILES string of the molecule is CC(C)[C@H](N)C(=O)NCC(=O)Nc1cc(C(N)=O)ccc1N1CCCCC1.Cl. The fourth-order valence-electron chi connectivity index (χ4n) is 2.98. The molecule has 0 aromatic heterocycles. The highest BCUT2D eigenvalue weighted by molar-refractivity contribution is 6.00. The number of anilines is 2. The number of nitrogens with one attached hydrogen (secondary N) is 2. The lowest BCUT2D eigenvalue weighted by atomic mass is 10.1. The summed E-state index contributed by atoms with van der Waals surface area (Å²) in [6.45, 7) is 5.26. The molecule has 6 N–H and O–H groups in total. The number of carbonyl (C=O) groups is 3. The van der Waals surface area contributed by atoms with E-state index in [1.807, 2.05) is 13.8 Å². The van der Waals surface area contributed by atoms with Gasteiger partial charge in [-0.3, -0.25) is 14.4 Å². The molecule has 0 unspecified atom stereocenters. The molecule has 2 rings (SSSR count). The van der Waals surface area contributed by atoms with Crippen molar-refractivity contribution in [1.82, 2.24) is 5.32 Å². The van der Waals surface area contributed by atoms with Gasteiger partial charge in [-0.2, -0.15) is 0 Å². The number of primary amides is 1. The van der Waals surface area contributed by atoms with E-state index in [9.17, 15) is 14.4 Å². The summed E-state index contributed by atoms with van der Waals surface area (Å²) >= 11 is 0. The van der Waals surface area contributed by atoms with Crippen molar-refractivity contribution >= 4 is 41.5 Å². The second-order valence-corrected chi connectivity index (χ2v) is 7.18. The van der Waals surface area contributed by atoms with Crippen LogP contribution in [0, 0.1) is 5.92 Å². The van der Waals surface area contributed by atoms with E-state index in [1.54, 1.807) is 18.2 Å². The Balaban J connectivity index is 0.00000392. The first kappa shape index (κ1) is 23.7. The number of amides is 3. The van der Waals surface area contributed by atoms with E-state index >= 15 is 0 Å². The van der Waals surface area contributed by atoms with E-state index in [4.69, 9.17) is 11.5 Å². The molecule has 1 heterocycles. The monoisotopic (exact) mass is 411 g/mol. The van der Waals surface area contributed by atoms with E-state index in [-0.39, 0.29) is 36.7 Å². The molecule has 1 aliphatic rings. The first-order valence-corrected chi connectivity index (χ1v) is 9.31. The Hall–Kier alpha value is -2.32. The van der Waals surface area contributed by atoms with Crippen LogP contribution < -0.4 is 27.0 Å². The minimum Gasteiger partial charge on any atom is -0.370 e. The van der Waals surface area contributed by atoms with E-state index < -0.39 is 11.9 Å². The largest absolute Gasteiger partial charge is 0.370 e. The fraction of sp³-hybridized carbons (Fsp3) is 0.526. The molecule has 28 heavy (non-hydrogen) atoms. The number of rotatable bonds is 7. The van der Waals surface area contributed by atoms with Gasteiger partial charge in [0, 0.05) is 18.7 Å². The number of carbonyl (C=O) groups excluding carboxylic acids is 3. The zero-order chi connectivity index (χ0) is 20.0. The van der Waals surface area contributed by atoms with E-state index in [1.165, 1.54) is 6.42 Å². The van der Waals surface area contributed by atoms with Gasteiger partial charge in [0.25, 0.3) is 0 Å². The first-order valence-electron chi connectivity index (χ1n) is 9.31.